The van der Waals surface area contributed by atoms with Crippen LogP contribution in [0.15, 0.2) is 35.1 Å². The summed E-state index contributed by atoms with van der Waals surface area (Å²) in [5.74, 6) is -0.480. The summed E-state index contributed by atoms with van der Waals surface area (Å²) in [6.45, 7) is -0.127. The van der Waals surface area contributed by atoms with Gasteiger partial charge in [0.15, 0.2) is 11.1 Å². The van der Waals surface area contributed by atoms with E-state index in [0.29, 0.717) is 22.1 Å². The Hall–Kier alpha value is -3.20. The van der Waals surface area contributed by atoms with Gasteiger partial charge in [-0.25, -0.2) is 4.98 Å². The molecule has 1 N–H and O–H groups in total. The van der Waals surface area contributed by atoms with Crippen molar-refractivity contribution in [2.75, 3.05) is 5.32 Å². The second kappa shape index (κ2) is 7.56. The maximum absolute atomic E-state index is 12.6. The van der Waals surface area contributed by atoms with Crippen molar-refractivity contribution >= 4 is 33.9 Å². The van der Waals surface area contributed by atoms with Crippen molar-refractivity contribution in [1.29, 1.82) is 0 Å². The summed E-state index contributed by atoms with van der Waals surface area (Å²) in [5.41, 5.74) is 1.87. The molecule has 3 heterocycles. The lowest BCUT2D eigenvalue weighted by Gasteiger charge is -2.25. The topological polar surface area (TPSA) is 99.0 Å². The number of para-hydroxylation sites is 2. The predicted molar refractivity (Wildman–Crippen MR) is 110 cm³/mol. The number of esters is 1. The molecule has 9 heteroatoms. The number of rotatable bonds is 4. The van der Waals surface area contributed by atoms with Crippen molar-refractivity contribution in [3.05, 3.63) is 57.0 Å². The largest absolute Gasteiger partial charge is 0.478 e. The monoisotopic (exact) mass is 425 g/mol. The van der Waals surface area contributed by atoms with E-state index in [-0.39, 0.29) is 18.6 Å². The number of aryl methyl sites for hydroxylation is 2. The summed E-state index contributed by atoms with van der Waals surface area (Å²) >= 11 is 1.52. The minimum atomic E-state index is -0.961. The number of carbonyl (C=O) groups is 2. The zero-order valence-electron chi connectivity index (χ0n) is 16.1. The van der Waals surface area contributed by atoms with Crippen molar-refractivity contribution < 1.29 is 19.1 Å². The number of thiazole rings is 1. The minimum Gasteiger partial charge on any atom is -0.478 e. The quantitative estimate of drug-likeness (QED) is 0.645. The van der Waals surface area contributed by atoms with Crippen molar-refractivity contribution in [2.45, 2.75) is 44.8 Å². The SMILES string of the molecule is O=C(CC1Oc2ccccc2NC1=O)OCc1cc(=O)n2c3c(sc2n1)CCCC3. The molecule has 0 spiro atoms. The van der Waals surface area contributed by atoms with E-state index >= 15 is 0 Å². The third-order valence-electron chi connectivity index (χ3n) is 5.25. The highest BCUT2D eigenvalue weighted by atomic mass is 32.1. The Balaban J connectivity index is 1.26. The first kappa shape index (κ1) is 18.8. The van der Waals surface area contributed by atoms with Gasteiger partial charge in [-0.3, -0.25) is 18.8 Å². The van der Waals surface area contributed by atoms with Gasteiger partial charge in [0, 0.05) is 16.6 Å². The van der Waals surface area contributed by atoms with Crippen LogP contribution in [0.4, 0.5) is 5.69 Å². The van der Waals surface area contributed by atoms with Crippen LogP contribution in [-0.2, 0) is 33.8 Å². The second-order valence-corrected chi connectivity index (χ2v) is 8.40. The van der Waals surface area contributed by atoms with Gasteiger partial charge in [-0.15, -0.1) is 11.3 Å². The number of hydrogen-bond donors (Lipinski definition) is 1. The van der Waals surface area contributed by atoms with Crippen LogP contribution in [0.2, 0.25) is 0 Å². The van der Waals surface area contributed by atoms with E-state index in [2.05, 4.69) is 10.3 Å². The van der Waals surface area contributed by atoms with Crippen molar-refractivity contribution in [3.8, 4) is 5.75 Å². The molecule has 3 aromatic rings. The number of nitrogens with zero attached hydrogens (tertiary/aromatic N) is 2. The molecule has 1 aromatic carbocycles. The lowest BCUT2D eigenvalue weighted by atomic mass is 10.0. The lowest BCUT2D eigenvalue weighted by Crippen LogP contribution is -2.38. The van der Waals surface area contributed by atoms with E-state index < -0.39 is 18.0 Å². The van der Waals surface area contributed by atoms with Crippen LogP contribution in [0.5, 0.6) is 5.75 Å². The summed E-state index contributed by atoms with van der Waals surface area (Å²) in [4.78, 5) is 43.3. The Labute approximate surface area is 175 Å². The van der Waals surface area contributed by atoms with Crippen LogP contribution in [0.3, 0.4) is 0 Å². The van der Waals surface area contributed by atoms with Gasteiger partial charge in [0.25, 0.3) is 11.5 Å². The molecule has 0 saturated carbocycles. The second-order valence-electron chi connectivity index (χ2n) is 7.34. The van der Waals surface area contributed by atoms with Gasteiger partial charge in [-0.2, -0.15) is 0 Å². The number of benzene rings is 1. The van der Waals surface area contributed by atoms with Crippen LogP contribution >= 0.6 is 11.3 Å². The smallest absolute Gasteiger partial charge is 0.310 e. The van der Waals surface area contributed by atoms with E-state index in [4.69, 9.17) is 9.47 Å². The zero-order chi connectivity index (χ0) is 20.7. The maximum Gasteiger partial charge on any atom is 0.310 e. The number of fused-ring (bicyclic) bond motifs is 4. The molecule has 30 heavy (non-hydrogen) atoms. The van der Waals surface area contributed by atoms with E-state index in [1.54, 1.807) is 28.7 Å². The molecule has 1 aliphatic heterocycles. The summed E-state index contributed by atoms with van der Waals surface area (Å²) in [6.07, 6.45) is 2.87. The lowest BCUT2D eigenvalue weighted by molar-refractivity contribution is -0.149. The van der Waals surface area contributed by atoms with Gasteiger partial charge in [0.1, 0.15) is 12.4 Å². The summed E-state index contributed by atoms with van der Waals surface area (Å²) in [6, 6.07) is 8.43. The molecular formula is C21H19N3O5S. The number of hydrogen-bond acceptors (Lipinski definition) is 7. The Kier molecular flexibility index (Phi) is 4.74. The highest BCUT2D eigenvalue weighted by Gasteiger charge is 2.30. The summed E-state index contributed by atoms with van der Waals surface area (Å²) in [7, 11) is 0. The average Bonchev–Trinajstić information content (AvgIpc) is 3.12. The van der Waals surface area contributed by atoms with E-state index in [1.165, 1.54) is 22.3 Å². The molecule has 1 atom stereocenters. The Morgan fingerprint density at radius 2 is 2.10 bits per heavy atom. The van der Waals surface area contributed by atoms with Gasteiger partial charge in [-0.1, -0.05) is 12.1 Å². The predicted octanol–water partition coefficient (Wildman–Crippen LogP) is 2.47. The van der Waals surface area contributed by atoms with Crippen LogP contribution in [0.25, 0.3) is 4.96 Å². The van der Waals surface area contributed by atoms with Crippen molar-refractivity contribution in [1.82, 2.24) is 9.38 Å². The first-order valence-electron chi connectivity index (χ1n) is 9.84. The van der Waals surface area contributed by atoms with Crippen molar-refractivity contribution in [2.24, 2.45) is 0 Å². The van der Waals surface area contributed by atoms with Crippen molar-refractivity contribution in [3.63, 3.8) is 0 Å². The molecule has 5 rings (SSSR count). The highest BCUT2D eigenvalue weighted by molar-refractivity contribution is 7.17. The fraction of sp³-hybridized carbons (Fsp3) is 0.333. The number of carbonyl (C=O) groups excluding carboxylic acids is 2. The number of nitrogens with one attached hydrogen (secondary N) is 1. The number of aromatic nitrogens is 2. The van der Waals surface area contributed by atoms with E-state index in [0.717, 1.165) is 31.4 Å². The molecule has 1 unspecified atom stereocenters. The van der Waals surface area contributed by atoms with Crippen LogP contribution in [-0.4, -0.2) is 27.4 Å². The molecule has 8 nitrogen and oxygen atoms in total. The number of anilines is 1. The molecule has 0 radical (unpaired) electrons. The van der Waals surface area contributed by atoms with E-state index in [1.807, 2.05) is 0 Å². The van der Waals surface area contributed by atoms with Gasteiger partial charge >= 0.3 is 5.97 Å². The molecule has 0 saturated heterocycles. The molecule has 1 aliphatic carbocycles. The fourth-order valence-electron chi connectivity index (χ4n) is 3.81. The first-order valence-corrected chi connectivity index (χ1v) is 10.7. The number of amides is 1. The van der Waals surface area contributed by atoms with Crippen LogP contribution < -0.4 is 15.6 Å². The van der Waals surface area contributed by atoms with Gasteiger partial charge < -0.3 is 14.8 Å². The molecule has 1 amide bonds. The summed E-state index contributed by atoms with van der Waals surface area (Å²) in [5, 5.41) is 2.71. The summed E-state index contributed by atoms with van der Waals surface area (Å²) < 4.78 is 12.5. The van der Waals surface area contributed by atoms with E-state index in [9.17, 15) is 14.4 Å². The molecule has 154 valence electrons. The third-order valence-corrected chi connectivity index (χ3v) is 6.40. The van der Waals surface area contributed by atoms with Gasteiger partial charge in [0.05, 0.1) is 17.8 Å². The van der Waals surface area contributed by atoms with Gasteiger partial charge in [-0.05, 0) is 37.8 Å². The molecule has 0 fully saturated rings. The zero-order valence-corrected chi connectivity index (χ0v) is 16.9. The Bertz CT molecular complexity index is 1220. The fourth-order valence-corrected chi connectivity index (χ4v) is 5.04. The minimum absolute atomic E-state index is 0.127. The van der Waals surface area contributed by atoms with Crippen LogP contribution in [0, 0.1) is 0 Å². The average molecular weight is 425 g/mol. The molecular weight excluding hydrogens is 406 g/mol. The third kappa shape index (κ3) is 3.45. The Morgan fingerprint density at radius 3 is 3.00 bits per heavy atom. The molecule has 0 bridgehead atoms. The van der Waals surface area contributed by atoms with Crippen LogP contribution in [0.1, 0.15) is 35.5 Å². The standard InChI is InChI=1S/C21H19N3O5S/c25-18-9-12(22-21-24(18)14-6-2-4-8-17(14)30-21)11-28-19(26)10-16-20(27)23-13-5-1-3-7-15(13)29-16/h1,3,5,7,9,16H,2,4,6,8,10-11H2,(H,23,27). The van der Waals surface area contributed by atoms with Gasteiger partial charge in [0.2, 0.25) is 0 Å². The Morgan fingerprint density at radius 1 is 1.27 bits per heavy atom. The first-order chi connectivity index (χ1) is 14.6. The normalized spacial score (nSPS) is 17.6. The highest BCUT2D eigenvalue weighted by Crippen LogP contribution is 2.30. The number of ether oxygens (including phenoxy) is 2. The maximum atomic E-state index is 12.6. The molecule has 2 aromatic heterocycles. The molecule has 2 aliphatic rings.